The highest BCUT2D eigenvalue weighted by molar-refractivity contribution is 9.10. The van der Waals surface area contributed by atoms with Crippen LogP contribution in [0.15, 0.2) is 27.2 Å². The first-order chi connectivity index (χ1) is 7.11. The van der Waals surface area contributed by atoms with Gasteiger partial charge in [0.25, 0.3) is 0 Å². The summed E-state index contributed by atoms with van der Waals surface area (Å²) in [7, 11) is 0. The number of nitrogens with zero attached hydrogens (tertiary/aromatic N) is 1. The minimum absolute atomic E-state index is 0.0473. The second-order valence-corrected chi connectivity index (χ2v) is 4.04. The number of rotatable bonds is 1. The monoisotopic (exact) mass is 290 g/mol. The van der Waals surface area contributed by atoms with Crippen molar-refractivity contribution in [2.75, 3.05) is 5.73 Å². The topological polar surface area (TPSA) is 52.0 Å². The summed E-state index contributed by atoms with van der Waals surface area (Å²) in [5, 5.41) is 3.57. The van der Waals surface area contributed by atoms with E-state index in [0.717, 1.165) is 0 Å². The Kier molecular flexibility index (Phi) is 2.67. The third-order valence-corrected chi connectivity index (χ3v) is 2.83. The molecule has 2 aromatic rings. The Morgan fingerprint density at radius 2 is 2.20 bits per heavy atom. The van der Waals surface area contributed by atoms with Crippen molar-refractivity contribution in [2.24, 2.45) is 0 Å². The number of benzene rings is 1. The van der Waals surface area contributed by atoms with Crippen LogP contribution in [-0.4, -0.2) is 5.16 Å². The van der Waals surface area contributed by atoms with Gasteiger partial charge in [0.15, 0.2) is 11.6 Å². The number of anilines is 1. The van der Waals surface area contributed by atoms with Crippen LogP contribution in [0.2, 0.25) is 5.02 Å². The maximum atomic E-state index is 13.6. The van der Waals surface area contributed by atoms with E-state index in [1.165, 1.54) is 6.07 Å². The third-order valence-electron chi connectivity index (χ3n) is 1.86. The van der Waals surface area contributed by atoms with Gasteiger partial charge in [0.2, 0.25) is 0 Å². The van der Waals surface area contributed by atoms with Gasteiger partial charge in [0.1, 0.15) is 10.8 Å². The van der Waals surface area contributed by atoms with Gasteiger partial charge in [-0.15, -0.1) is 0 Å². The minimum atomic E-state index is -0.462. The van der Waals surface area contributed by atoms with Crippen LogP contribution in [0.25, 0.3) is 11.3 Å². The van der Waals surface area contributed by atoms with Crippen LogP contribution in [0.5, 0.6) is 0 Å². The minimum Gasteiger partial charge on any atom is -0.380 e. The smallest absolute Gasteiger partial charge is 0.190 e. The predicted molar refractivity (Wildman–Crippen MR) is 59.0 cm³/mol. The molecule has 2 rings (SSSR count). The molecule has 1 heterocycles. The van der Waals surface area contributed by atoms with Gasteiger partial charge in [-0.1, -0.05) is 22.8 Å². The van der Waals surface area contributed by atoms with Crippen molar-refractivity contribution in [3.63, 3.8) is 0 Å². The van der Waals surface area contributed by atoms with Crippen LogP contribution >= 0.6 is 27.5 Å². The highest BCUT2D eigenvalue weighted by Crippen LogP contribution is 2.35. The third kappa shape index (κ3) is 1.72. The van der Waals surface area contributed by atoms with Crippen molar-refractivity contribution in [1.29, 1.82) is 0 Å². The lowest BCUT2D eigenvalue weighted by atomic mass is 10.1. The summed E-state index contributed by atoms with van der Waals surface area (Å²) in [6.07, 6.45) is 0. The maximum Gasteiger partial charge on any atom is 0.190 e. The second-order valence-electron chi connectivity index (χ2n) is 2.81. The fraction of sp³-hybridized carbons (Fsp3) is 0. The molecule has 0 atom stereocenters. The van der Waals surface area contributed by atoms with Gasteiger partial charge in [-0.05, 0) is 28.1 Å². The summed E-state index contributed by atoms with van der Waals surface area (Å²) >= 11 is 8.87. The van der Waals surface area contributed by atoms with E-state index in [2.05, 4.69) is 21.1 Å². The molecule has 0 saturated carbocycles. The molecule has 78 valence electrons. The summed E-state index contributed by atoms with van der Waals surface area (Å²) in [6.45, 7) is 0. The van der Waals surface area contributed by atoms with Crippen LogP contribution < -0.4 is 5.73 Å². The first-order valence-electron chi connectivity index (χ1n) is 3.96. The van der Waals surface area contributed by atoms with Crippen molar-refractivity contribution >= 4 is 33.3 Å². The number of nitrogens with two attached hydrogens (primary N) is 1. The zero-order chi connectivity index (χ0) is 11.0. The van der Waals surface area contributed by atoms with E-state index in [0.29, 0.717) is 4.47 Å². The number of aromatic nitrogens is 1. The Hall–Kier alpha value is -1.07. The van der Waals surface area contributed by atoms with Gasteiger partial charge in [-0.3, -0.25) is 0 Å². The number of hydrogen-bond donors (Lipinski definition) is 1. The molecule has 15 heavy (non-hydrogen) atoms. The molecule has 0 aliphatic heterocycles. The molecule has 0 fully saturated rings. The lowest BCUT2D eigenvalue weighted by molar-refractivity contribution is 0.433. The SMILES string of the molecule is Nc1noc(-c2cccc(Br)c2F)c1Cl. The van der Waals surface area contributed by atoms with Crippen LogP contribution in [0.3, 0.4) is 0 Å². The second kappa shape index (κ2) is 3.83. The standard InChI is InChI=1S/C9H5BrClFN2O/c10-5-3-1-2-4(7(5)12)8-6(11)9(13)14-15-8/h1-3H,(H2,13,14). The quantitative estimate of drug-likeness (QED) is 0.875. The van der Waals surface area contributed by atoms with E-state index in [9.17, 15) is 4.39 Å². The van der Waals surface area contributed by atoms with E-state index in [1.807, 2.05) is 0 Å². The average molecular weight is 292 g/mol. The molecule has 1 aromatic carbocycles. The molecule has 0 saturated heterocycles. The van der Waals surface area contributed by atoms with Crippen molar-refractivity contribution in [3.8, 4) is 11.3 Å². The predicted octanol–water partition coefficient (Wildman–Crippen LogP) is 3.48. The lowest BCUT2D eigenvalue weighted by Crippen LogP contribution is -1.86. The van der Waals surface area contributed by atoms with Crippen molar-refractivity contribution in [1.82, 2.24) is 5.16 Å². The molecule has 2 N–H and O–H groups in total. The molecule has 3 nitrogen and oxygen atoms in total. The first-order valence-corrected chi connectivity index (χ1v) is 5.13. The number of halogens is 3. The lowest BCUT2D eigenvalue weighted by Gasteiger charge is -2.00. The molecular formula is C9H5BrClFN2O. The first kappa shape index (κ1) is 10.4. The van der Waals surface area contributed by atoms with Crippen LogP contribution in [0.1, 0.15) is 0 Å². The van der Waals surface area contributed by atoms with Crippen molar-refractivity contribution < 1.29 is 8.91 Å². The zero-order valence-electron chi connectivity index (χ0n) is 7.30. The summed E-state index contributed by atoms with van der Waals surface area (Å²) in [5.41, 5.74) is 5.62. The van der Waals surface area contributed by atoms with Crippen molar-refractivity contribution in [3.05, 3.63) is 33.5 Å². The molecule has 0 spiro atoms. The highest BCUT2D eigenvalue weighted by atomic mass is 79.9. The van der Waals surface area contributed by atoms with Crippen molar-refractivity contribution in [2.45, 2.75) is 0 Å². The van der Waals surface area contributed by atoms with Gasteiger partial charge in [-0.2, -0.15) is 0 Å². The van der Waals surface area contributed by atoms with E-state index in [4.69, 9.17) is 21.9 Å². The Labute approximate surface area is 98.1 Å². The fourth-order valence-corrected chi connectivity index (χ4v) is 1.67. The Bertz CT molecular complexity index is 515. The molecule has 0 aliphatic rings. The average Bonchev–Trinajstić information content (AvgIpc) is 2.53. The molecule has 0 aliphatic carbocycles. The maximum absolute atomic E-state index is 13.6. The molecular weight excluding hydrogens is 286 g/mol. The highest BCUT2D eigenvalue weighted by Gasteiger charge is 2.18. The Morgan fingerprint density at radius 3 is 2.80 bits per heavy atom. The summed E-state index contributed by atoms with van der Waals surface area (Å²) in [4.78, 5) is 0. The Balaban J connectivity index is 2.64. The van der Waals surface area contributed by atoms with Crippen LogP contribution in [0, 0.1) is 5.82 Å². The molecule has 0 radical (unpaired) electrons. The van der Waals surface area contributed by atoms with E-state index >= 15 is 0 Å². The number of nitrogen functional groups attached to an aromatic ring is 1. The van der Waals surface area contributed by atoms with Crippen LogP contribution in [-0.2, 0) is 0 Å². The van der Waals surface area contributed by atoms with E-state index in [-0.39, 0.29) is 22.2 Å². The molecule has 0 bridgehead atoms. The van der Waals surface area contributed by atoms with Crippen LogP contribution in [0.4, 0.5) is 10.2 Å². The largest absolute Gasteiger partial charge is 0.380 e. The Morgan fingerprint density at radius 1 is 1.47 bits per heavy atom. The van der Waals surface area contributed by atoms with Gasteiger partial charge >= 0.3 is 0 Å². The fourth-order valence-electron chi connectivity index (χ4n) is 1.14. The molecule has 0 amide bonds. The van der Waals surface area contributed by atoms with Gasteiger partial charge in [0, 0.05) is 0 Å². The van der Waals surface area contributed by atoms with Gasteiger partial charge in [-0.25, -0.2) is 4.39 Å². The zero-order valence-corrected chi connectivity index (χ0v) is 9.64. The van der Waals surface area contributed by atoms with E-state index < -0.39 is 5.82 Å². The van der Waals surface area contributed by atoms with Gasteiger partial charge < -0.3 is 10.3 Å². The molecule has 6 heteroatoms. The summed E-state index contributed by atoms with van der Waals surface area (Å²) in [5.74, 6) is -0.283. The summed E-state index contributed by atoms with van der Waals surface area (Å²) in [6, 6.07) is 4.77. The molecule has 0 unspecified atom stereocenters. The normalized spacial score (nSPS) is 10.6. The molecule has 1 aromatic heterocycles. The van der Waals surface area contributed by atoms with Gasteiger partial charge in [0.05, 0.1) is 10.0 Å². The summed E-state index contributed by atoms with van der Waals surface area (Å²) < 4.78 is 18.8. The number of hydrogen-bond acceptors (Lipinski definition) is 3. The van der Waals surface area contributed by atoms with E-state index in [1.54, 1.807) is 12.1 Å².